The molecule has 2 aromatic rings. The van der Waals surface area contributed by atoms with E-state index in [-0.39, 0.29) is 6.04 Å². The fourth-order valence-electron chi connectivity index (χ4n) is 1.84. The number of furan rings is 1. The van der Waals surface area contributed by atoms with Crippen molar-refractivity contribution in [3.8, 4) is 0 Å². The van der Waals surface area contributed by atoms with Gasteiger partial charge < -0.3 is 14.5 Å². The quantitative estimate of drug-likeness (QED) is 0.839. The lowest BCUT2D eigenvalue weighted by Gasteiger charge is -2.12. The van der Waals surface area contributed by atoms with E-state index in [9.17, 15) is 0 Å². The first-order valence-electron chi connectivity index (χ1n) is 5.50. The molecule has 1 unspecified atom stereocenters. The van der Waals surface area contributed by atoms with Crippen LogP contribution in [-0.2, 0) is 4.74 Å². The standard InChI is InChI=1S/C13H17NO2/c1-14-11(7-8-15-2)13-9-10-5-3-4-6-12(10)16-13/h3-6,9,11,14H,7-8H2,1-2H3. The Balaban J connectivity index is 2.23. The number of methoxy groups -OCH3 is 1. The normalized spacial score (nSPS) is 13.1. The molecule has 0 bridgehead atoms. The first-order chi connectivity index (χ1) is 7.85. The van der Waals surface area contributed by atoms with E-state index < -0.39 is 0 Å². The number of ether oxygens (including phenoxy) is 1. The van der Waals surface area contributed by atoms with Gasteiger partial charge in [0.1, 0.15) is 11.3 Å². The molecule has 0 radical (unpaired) electrons. The maximum Gasteiger partial charge on any atom is 0.134 e. The third kappa shape index (κ3) is 2.26. The second kappa shape index (κ2) is 5.14. The van der Waals surface area contributed by atoms with Crippen molar-refractivity contribution in [2.75, 3.05) is 20.8 Å². The van der Waals surface area contributed by atoms with Gasteiger partial charge in [-0.2, -0.15) is 0 Å². The lowest BCUT2D eigenvalue weighted by Crippen LogP contribution is -2.17. The minimum atomic E-state index is 0.215. The maximum atomic E-state index is 5.80. The first kappa shape index (κ1) is 11.2. The van der Waals surface area contributed by atoms with Crippen molar-refractivity contribution in [3.63, 3.8) is 0 Å². The lowest BCUT2D eigenvalue weighted by molar-refractivity contribution is 0.180. The molecule has 1 heterocycles. The summed E-state index contributed by atoms with van der Waals surface area (Å²) >= 11 is 0. The maximum absolute atomic E-state index is 5.80. The van der Waals surface area contributed by atoms with Crippen molar-refractivity contribution in [1.29, 1.82) is 0 Å². The van der Waals surface area contributed by atoms with E-state index in [1.54, 1.807) is 7.11 Å². The third-order valence-electron chi connectivity index (χ3n) is 2.75. The Bertz CT molecular complexity index is 417. The average Bonchev–Trinajstić information content (AvgIpc) is 2.73. The zero-order valence-corrected chi connectivity index (χ0v) is 9.69. The van der Waals surface area contributed by atoms with Gasteiger partial charge in [-0.15, -0.1) is 0 Å². The van der Waals surface area contributed by atoms with Crippen LogP contribution in [0.15, 0.2) is 34.7 Å². The molecule has 0 aliphatic rings. The molecule has 1 aromatic heterocycles. The molecule has 0 fully saturated rings. The monoisotopic (exact) mass is 219 g/mol. The van der Waals surface area contributed by atoms with Gasteiger partial charge in [0, 0.05) is 19.1 Å². The fraction of sp³-hybridized carbons (Fsp3) is 0.385. The van der Waals surface area contributed by atoms with Gasteiger partial charge in [0.15, 0.2) is 0 Å². The van der Waals surface area contributed by atoms with Crippen LogP contribution in [0.5, 0.6) is 0 Å². The predicted molar refractivity (Wildman–Crippen MR) is 64.5 cm³/mol. The summed E-state index contributed by atoms with van der Waals surface area (Å²) < 4.78 is 10.9. The Morgan fingerprint density at radius 3 is 2.88 bits per heavy atom. The highest BCUT2D eigenvalue weighted by Gasteiger charge is 2.13. The van der Waals surface area contributed by atoms with E-state index in [2.05, 4.69) is 17.4 Å². The van der Waals surface area contributed by atoms with Gasteiger partial charge in [-0.3, -0.25) is 0 Å². The second-order valence-electron chi connectivity index (χ2n) is 3.81. The highest BCUT2D eigenvalue weighted by molar-refractivity contribution is 5.77. The average molecular weight is 219 g/mol. The molecule has 16 heavy (non-hydrogen) atoms. The number of fused-ring (bicyclic) bond motifs is 1. The summed E-state index contributed by atoms with van der Waals surface area (Å²) in [6, 6.07) is 10.4. The van der Waals surface area contributed by atoms with Crippen LogP contribution >= 0.6 is 0 Å². The van der Waals surface area contributed by atoms with Crippen LogP contribution < -0.4 is 5.32 Å². The molecule has 0 spiro atoms. The van der Waals surface area contributed by atoms with E-state index in [0.717, 1.165) is 29.8 Å². The molecule has 0 aliphatic heterocycles. The summed E-state index contributed by atoms with van der Waals surface area (Å²) in [5.74, 6) is 0.973. The zero-order chi connectivity index (χ0) is 11.4. The van der Waals surface area contributed by atoms with Crippen molar-refractivity contribution in [2.24, 2.45) is 0 Å². The molecule has 0 aliphatic carbocycles. The van der Waals surface area contributed by atoms with Crippen LogP contribution in [0.3, 0.4) is 0 Å². The van der Waals surface area contributed by atoms with E-state index in [1.807, 2.05) is 25.2 Å². The number of para-hydroxylation sites is 1. The predicted octanol–water partition coefficient (Wildman–Crippen LogP) is 2.73. The van der Waals surface area contributed by atoms with E-state index in [1.165, 1.54) is 0 Å². The van der Waals surface area contributed by atoms with Gasteiger partial charge in [-0.1, -0.05) is 18.2 Å². The molecule has 86 valence electrons. The van der Waals surface area contributed by atoms with E-state index in [4.69, 9.17) is 9.15 Å². The summed E-state index contributed by atoms with van der Waals surface area (Å²) in [7, 11) is 3.65. The highest BCUT2D eigenvalue weighted by atomic mass is 16.5. The summed E-state index contributed by atoms with van der Waals surface area (Å²) in [6.45, 7) is 0.725. The van der Waals surface area contributed by atoms with Crippen LogP contribution in [0.1, 0.15) is 18.2 Å². The summed E-state index contributed by atoms with van der Waals surface area (Å²) in [4.78, 5) is 0. The third-order valence-corrected chi connectivity index (χ3v) is 2.75. The van der Waals surface area contributed by atoms with Crippen molar-refractivity contribution < 1.29 is 9.15 Å². The second-order valence-corrected chi connectivity index (χ2v) is 3.81. The minimum absolute atomic E-state index is 0.215. The molecular weight excluding hydrogens is 202 g/mol. The molecule has 3 heteroatoms. The van der Waals surface area contributed by atoms with Gasteiger partial charge >= 0.3 is 0 Å². The fourth-order valence-corrected chi connectivity index (χ4v) is 1.84. The Morgan fingerprint density at radius 2 is 2.19 bits per heavy atom. The summed E-state index contributed by atoms with van der Waals surface area (Å²) in [5.41, 5.74) is 0.940. The number of benzene rings is 1. The van der Waals surface area contributed by atoms with Gasteiger partial charge in [0.25, 0.3) is 0 Å². The Labute approximate surface area is 95.4 Å². The van der Waals surface area contributed by atoms with Crippen molar-refractivity contribution in [3.05, 3.63) is 36.1 Å². The molecule has 1 N–H and O–H groups in total. The van der Waals surface area contributed by atoms with Gasteiger partial charge in [-0.25, -0.2) is 0 Å². The molecule has 0 saturated carbocycles. The van der Waals surface area contributed by atoms with Crippen LogP contribution in [-0.4, -0.2) is 20.8 Å². The van der Waals surface area contributed by atoms with Crippen LogP contribution in [0.2, 0.25) is 0 Å². The number of hydrogen-bond acceptors (Lipinski definition) is 3. The Morgan fingerprint density at radius 1 is 1.38 bits per heavy atom. The van der Waals surface area contributed by atoms with Crippen molar-refractivity contribution in [1.82, 2.24) is 5.32 Å². The Hall–Kier alpha value is -1.32. The molecule has 0 amide bonds. The van der Waals surface area contributed by atoms with Crippen molar-refractivity contribution in [2.45, 2.75) is 12.5 Å². The van der Waals surface area contributed by atoms with E-state index in [0.29, 0.717) is 0 Å². The minimum Gasteiger partial charge on any atom is -0.459 e. The first-order valence-corrected chi connectivity index (χ1v) is 5.50. The molecule has 3 nitrogen and oxygen atoms in total. The lowest BCUT2D eigenvalue weighted by atomic mass is 10.1. The molecule has 0 saturated heterocycles. The topological polar surface area (TPSA) is 34.4 Å². The van der Waals surface area contributed by atoms with Gasteiger partial charge in [0.05, 0.1) is 6.04 Å². The van der Waals surface area contributed by atoms with Crippen LogP contribution in [0, 0.1) is 0 Å². The number of hydrogen-bond donors (Lipinski definition) is 1. The van der Waals surface area contributed by atoms with Crippen molar-refractivity contribution >= 4 is 11.0 Å². The van der Waals surface area contributed by atoms with Crippen LogP contribution in [0.25, 0.3) is 11.0 Å². The zero-order valence-electron chi connectivity index (χ0n) is 9.69. The van der Waals surface area contributed by atoms with Crippen LogP contribution in [0.4, 0.5) is 0 Å². The Kier molecular flexibility index (Phi) is 3.59. The number of rotatable bonds is 5. The number of nitrogens with one attached hydrogen (secondary N) is 1. The van der Waals surface area contributed by atoms with E-state index >= 15 is 0 Å². The molecular formula is C13H17NO2. The molecule has 2 rings (SSSR count). The smallest absolute Gasteiger partial charge is 0.134 e. The summed E-state index contributed by atoms with van der Waals surface area (Å²) in [5, 5.41) is 4.39. The highest BCUT2D eigenvalue weighted by Crippen LogP contribution is 2.25. The molecule has 1 aromatic carbocycles. The largest absolute Gasteiger partial charge is 0.459 e. The van der Waals surface area contributed by atoms with Gasteiger partial charge in [-0.05, 0) is 25.6 Å². The SMILES string of the molecule is CNC(CCOC)c1cc2ccccc2o1. The van der Waals surface area contributed by atoms with Gasteiger partial charge in [0.2, 0.25) is 0 Å². The summed E-state index contributed by atoms with van der Waals surface area (Å²) in [6.07, 6.45) is 0.910. The molecule has 1 atom stereocenters.